The van der Waals surface area contributed by atoms with E-state index in [4.69, 9.17) is 9.47 Å². The van der Waals surface area contributed by atoms with Gasteiger partial charge in [0.05, 0.1) is 11.7 Å². The van der Waals surface area contributed by atoms with Gasteiger partial charge in [-0.15, -0.1) is 11.8 Å². The molecule has 1 N–H and O–H groups in total. The van der Waals surface area contributed by atoms with Crippen molar-refractivity contribution < 1.29 is 14.6 Å². The Labute approximate surface area is 178 Å². The minimum Gasteiger partial charge on any atom is -0.489 e. The molecule has 0 radical (unpaired) electrons. The van der Waals surface area contributed by atoms with E-state index >= 15 is 0 Å². The summed E-state index contributed by atoms with van der Waals surface area (Å²) < 4.78 is 12.9. The topological polar surface area (TPSA) is 38.7 Å². The van der Waals surface area contributed by atoms with E-state index in [9.17, 15) is 5.11 Å². The van der Waals surface area contributed by atoms with Crippen molar-refractivity contribution in [3.05, 3.63) is 65.2 Å². The van der Waals surface area contributed by atoms with Crippen LogP contribution in [0.4, 0.5) is 0 Å². The zero-order valence-electron chi connectivity index (χ0n) is 17.9. The smallest absolute Gasteiger partial charge is 0.133 e. The van der Waals surface area contributed by atoms with Gasteiger partial charge in [-0.1, -0.05) is 63.2 Å². The van der Waals surface area contributed by atoms with Gasteiger partial charge in [-0.05, 0) is 48.9 Å². The molecule has 0 saturated carbocycles. The SMILES string of the molecule is CC[C@](C)(O)[C@@H]1O[C@@H]2c3cccc(OCc4ccccc4)c3CC[C@@H]2C(C)(C)S1. The summed E-state index contributed by atoms with van der Waals surface area (Å²) in [5.74, 6) is 1.39. The quantitative estimate of drug-likeness (QED) is 0.664. The summed E-state index contributed by atoms with van der Waals surface area (Å²) in [6, 6.07) is 16.6. The second-order valence-corrected chi connectivity index (χ2v) is 10.8. The van der Waals surface area contributed by atoms with Crippen LogP contribution in [0.2, 0.25) is 0 Å². The molecule has 4 atom stereocenters. The van der Waals surface area contributed by atoms with Crippen LogP contribution in [0.25, 0.3) is 0 Å². The van der Waals surface area contributed by atoms with Crippen molar-refractivity contribution in [1.82, 2.24) is 0 Å². The van der Waals surface area contributed by atoms with E-state index in [0.717, 1.165) is 18.6 Å². The molecule has 2 aromatic rings. The van der Waals surface area contributed by atoms with Gasteiger partial charge < -0.3 is 14.6 Å². The number of thioether (sulfide) groups is 1. The summed E-state index contributed by atoms with van der Waals surface area (Å²) in [4.78, 5) is 0. The first-order chi connectivity index (χ1) is 13.8. The van der Waals surface area contributed by atoms with E-state index in [1.54, 1.807) is 11.8 Å². The second kappa shape index (κ2) is 7.98. The maximum Gasteiger partial charge on any atom is 0.133 e. The Bertz CT molecular complexity index is 846. The first kappa shape index (κ1) is 20.8. The molecule has 0 aromatic heterocycles. The summed E-state index contributed by atoms with van der Waals surface area (Å²) in [6.07, 6.45) is 2.75. The molecule has 1 aliphatic carbocycles. The molecule has 3 nitrogen and oxygen atoms in total. The van der Waals surface area contributed by atoms with E-state index in [1.807, 2.05) is 32.0 Å². The van der Waals surface area contributed by atoms with E-state index in [1.165, 1.54) is 16.7 Å². The fourth-order valence-electron chi connectivity index (χ4n) is 4.50. The molecule has 0 amide bonds. The molecule has 0 unspecified atom stereocenters. The summed E-state index contributed by atoms with van der Waals surface area (Å²) >= 11 is 1.79. The first-order valence-corrected chi connectivity index (χ1v) is 11.5. The zero-order chi connectivity index (χ0) is 20.6. The van der Waals surface area contributed by atoms with Gasteiger partial charge in [0.1, 0.15) is 17.8 Å². The Morgan fingerprint density at radius 2 is 1.93 bits per heavy atom. The minimum atomic E-state index is -0.841. The molecule has 1 aliphatic heterocycles. The van der Waals surface area contributed by atoms with Crippen LogP contribution in [-0.4, -0.2) is 20.9 Å². The normalized spacial score (nSPS) is 27.4. The highest BCUT2D eigenvalue weighted by atomic mass is 32.2. The van der Waals surface area contributed by atoms with Crippen LogP contribution >= 0.6 is 11.8 Å². The number of fused-ring (bicyclic) bond motifs is 3. The molecule has 156 valence electrons. The van der Waals surface area contributed by atoms with Crippen molar-refractivity contribution in [2.75, 3.05) is 0 Å². The molecule has 0 spiro atoms. The second-order valence-electron chi connectivity index (χ2n) is 9.06. The maximum atomic E-state index is 10.9. The number of ether oxygens (including phenoxy) is 2. The maximum absolute atomic E-state index is 10.9. The zero-order valence-corrected chi connectivity index (χ0v) is 18.7. The molecular formula is C25H32O3S. The van der Waals surface area contributed by atoms with Crippen molar-refractivity contribution in [1.29, 1.82) is 0 Å². The van der Waals surface area contributed by atoms with Crippen molar-refractivity contribution in [3.63, 3.8) is 0 Å². The highest BCUT2D eigenvalue weighted by Gasteiger charge is 2.51. The molecule has 4 rings (SSSR count). The summed E-state index contributed by atoms with van der Waals surface area (Å²) in [6.45, 7) is 9.09. The van der Waals surface area contributed by atoms with Crippen LogP contribution in [-0.2, 0) is 17.8 Å². The Balaban J connectivity index is 1.62. The van der Waals surface area contributed by atoms with Gasteiger partial charge in [0, 0.05) is 10.7 Å². The van der Waals surface area contributed by atoms with Crippen molar-refractivity contribution in [2.45, 2.75) is 75.5 Å². The number of aliphatic hydroxyl groups is 1. The van der Waals surface area contributed by atoms with Gasteiger partial charge in [-0.25, -0.2) is 0 Å². The van der Waals surface area contributed by atoms with E-state index in [0.29, 0.717) is 18.9 Å². The van der Waals surface area contributed by atoms with Crippen LogP contribution in [0.1, 0.15) is 63.3 Å². The molecule has 1 fully saturated rings. The van der Waals surface area contributed by atoms with E-state index in [-0.39, 0.29) is 16.3 Å². The molecule has 29 heavy (non-hydrogen) atoms. The van der Waals surface area contributed by atoms with Crippen LogP contribution in [0.15, 0.2) is 48.5 Å². The Morgan fingerprint density at radius 1 is 1.17 bits per heavy atom. The fraction of sp³-hybridized carbons (Fsp3) is 0.520. The molecule has 2 aliphatic rings. The third-order valence-corrected chi connectivity index (χ3v) is 8.32. The molecular weight excluding hydrogens is 380 g/mol. The lowest BCUT2D eigenvalue weighted by Crippen LogP contribution is -2.51. The number of hydrogen-bond acceptors (Lipinski definition) is 4. The number of hydrogen-bond donors (Lipinski definition) is 1. The molecule has 0 bridgehead atoms. The average molecular weight is 413 g/mol. The predicted molar refractivity (Wildman–Crippen MR) is 119 cm³/mol. The van der Waals surface area contributed by atoms with Crippen LogP contribution in [0, 0.1) is 5.92 Å². The van der Waals surface area contributed by atoms with Gasteiger partial charge in [0.15, 0.2) is 0 Å². The standard InChI is InChI=1S/C25H32O3S/c1-5-25(4,26)23-28-22-19-12-9-13-21(27-16-17-10-7-6-8-11-17)18(19)14-15-20(22)24(2,3)29-23/h6-13,20,22-23,26H,5,14-16H2,1-4H3/t20-,22+,23+,25-/m0/s1. The molecule has 1 heterocycles. The minimum absolute atomic E-state index is 0.00157. The summed E-state index contributed by atoms with van der Waals surface area (Å²) in [7, 11) is 0. The fourth-order valence-corrected chi connectivity index (χ4v) is 6.06. The molecule has 1 saturated heterocycles. The third-order valence-electron chi connectivity index (χ3n) is 6.58. The van der Waals surface area contributed by atoms with Gasteiger partial charge in [0.2, 0.25) is 0 Å². The highest BCUT2D eigenvalue weighted by molar-refractivity contribution is 8.01. The van der Waals surface area contributed by atoms with Crippen molar-refractivity contribution in [3.8, 4) is 5.75 Å². The number of benzene rings is 2. The van der Waals surface area contributed by atoms with Crippen LogP contribution in [0.5, 0.6) is 5.75 Å². The monoisotopic (exact) mass is 412 g/mol. The highest BCUT2D eigenvalue weighted by Crippen LogP contribution is 2.56. The van der Waals surface area contributed by atoms with Crippen molar-refractivity contribution in [2.24, 2.45) is 5.92 Å². The Morgan fingerprint density at radius 3 is 2.66 bits per heavy atom. The lowest BCUT2D eigenvalue weighted by atomic mass is 9.75. The predicted octanol–water partition coefficient (Wildman–Crippen LogP) is 5.90. The lowest BCUT2D eigenvalue weighted by molar-refractivity contribution is -0.118. The summed E-state index contributed by atoms with van der Waals surface area (Å²) in [5.41, 5.74) is 2.60. The van der Waals surface area contributed by atoms with Gasteiger partial charge >= 0.3 is 0 Å². The Kier molecular flexibility index (Phi) is 5.71. The lowest BCUT2D eigenvalue weighted by Gasteiger charge is -2.52. The largest absolute Gasteiger partial charge is 0.489 e. The van der Waals surface area contributed by atoms with Gasteiger partial charge in [0.25, 0.3) is 0 Å². The molecule has 4 heteroatoms. The van der Waals surface area contributed by atoms with E-state index in [2.05, 4.69) is 44.2 Å². The van der Waals surface area contributed by atoms with Gasteiger partial charge in [-0.3, -0.25) is 0 Å². The van der Waals surface area contributed by atoms with Gasteiger partial charge in [-0.2, -0.15) is 0 Å². The van der Waals surface area contributed by atoms with Crippen LogP contribution in [0.3, 0.4) is 0 Å². The first-order valence-electron chi connectivity index (χ1n) is 10.7. The summed E-state index contributed by atoms with van der Waals surface area (Å²) in [5, 5.41) is 10.9. The van der Waals surface area contributed by atoms with E-state index < -0.39 is 5.60 Å². The number of rotatable bonds is 5. The molecule has 2 aromatic carbocycles. The Hall–Kier alpha value is -1.49. The van der Waals surface area contributed by atoms with Crippen molar-refractivity contribution >= 4 is 11.8 Å². The average Bonchev–Trinajstić information content (AvgIpc) is 2.72. The van der Waals surface area contributed by atoms with Crippen LogP contribution < -0.4 is 4.74 Å². The third kappa shape index (κ3) is 4.08.